The maximum Gasteiger partial charge on any atom is 0.147 e. The Morgan fingerprint density at radius 1 is 0.962 bits per heavy atom. The average molecular weight is 356 g/mol. The van der Waals surface area contributed by atoms with E-state index in [1.165, 1.54) is 0 Å². The maximum atomic E-state index is 4.55. The van der Waals surface area contributed by atoms with Gasteiger partial charge in [-0.15, -0.1) is 10.2 Å². The van der Waals surface area contributed by atoms with Crippen LogP contribution in [0.5, 0.6) is 0 Å². The highest BCUT2D eigenvalue weighted by Gasteiger charge is 2.26. The second-order valence-corrected chi connectivity index (χ2v) is 7.44. The summed E-state index contributed by atoms with van der Waals surface area (Å²) in [6.07, 6.45) is 7.48. The van der Waals surface area contributed by atoms with Crippen LogP contribution in [0.25, 0.3) is 0 Å². The first-order valence-corrected chi connectivity index (χ1v) is 9.50. The van der Waals surface area contributed by atoms with Crippen molar-refractivity contribution in [1.29, 1.82) is 0 Å². The molecule has 0 aromatic carbocycles. The Balaban J connectivity index is 1.36. The molecule has 2 fully saturated rings. The molecular weight excluding hydrogens is 328 g/mol. The summed E-state index contributed by atoms with van der Waals surface area (Å²) >= 11 is 0. The zero-order valence-electron chi connectivity index (χ0n) is 15.8. The van der Waals surface area contributed by atoms with E-state index in [-0.39, 0.29) is 0 Å². The number of piperazine rings is 1. The number of hydrogen-bond donors (Lipinski definition) is 0. The second-order valence-electron chi connectivity index (χ2n) is 7.44. The highest BCUT2D eigenvalue weighted by atomic mass is 15.3. The van der Waals surface area contributed by atoms with Crippen molar-refractivity contribution in [3.8, 4) is 0 Å². The van der Waals surface area contributed by atoms with Gasteiger partial charge in [0.05, 0.1) is 12.7 Å². The van der Waals surface area contributed by atoms with Crippen LogP contribution in [-0.2, 0) is 13.6 Å². The largest absolute Gasteiger partial charge is 0.355 e. The molecule has 2 aliphatic rings. The third-order valence-electron chi connectivity index (χ3n) is 5.69. The van der Waals surface area contributed by atoms with Crippen LogP contribution in [0, 0.1) is 0 Å². The van der Waals surface area contributed by atoms with Crippen molar-refractivity contribution >= 4 is 5.82 Å². The van der Waals surface area contributed by atoms with Gasteiger partial charge in [-0.3, -0.25) is 9.88 Å². The molecule has 0 atom stereocenters. The molecule has 8 heteroatoms. The Kier molecular flexibility index (Phi) is 5.12. The summed E-state index contributed by atoms with van der Waals surface area (Å²) in [5.74, 6) is 3.66. The lowest BCUT2D eigenvalue weighted by molar-refractivity contribution is 0.144. The van der Waals surface area contributed by atoms with Crippen LogP contribution < -0.4 is 4.90 Å². The molecule has 0 saturated carbocycles. The van der Waals surface area contributed by atoms with Gasteiger partial charge in [0.25, 0.3) is 0 Å². The Morgan fingerprint density at radius 2 is 1.73 bits per heavy atom. The van der Waals surface area contributed by atoms with Gasteiger partial charge >= 0.3 is 0 Å². The summed E-state index contributed by atoms with van der Waals surface area (Å²) in [5, 5.41) is 9.05. The zero-order chi connectivity index (χ0) is 17.9. The molecule has 0 aliphatic carbocycles. The monoisotopic (exact) mass is 356 g/mol. The standard InChI is InChI=1S/C18H28N8/c1-23-9-11-25(12-10-23)14-17-21-22-18(24(17)2)15-3-7-26(8-4-15)16-13-19-5-6-20-16/h5-6,13,15H,3-4,7-12,14H2,1-2H3. The summed E-state index contributed by atoms with van der Waals surface area (Å²) in [4.78, 5) is 15.8. The summed E-state index contributed by atoms with van der Waals surface area (Å²) < 4.78 is 2.22. The number of hydrogen-bond acceptors (Lipinski definition) is 7. The van der Waals surface area contributed by atoms with Crippen LogP contribution in [0.2, 0.25) is 0 Å². The number of anilines is 1. The van der Waals surface area contributed by atoms with Crippen molar-refractivity contribution in [2.24, 2.45) is 7.05 Å². The number of rotatable bonds is 4. The van der Waals surface area contributed by atoms with Crippen molar-refractivity contribution in [2.45, 2.75) is 25.3 Å². The Hall–Kier alpha value is -2.06. The predicted octanol–water partition coefficient (Wildman–Crippen LogP) is 0.736. The average Bonchev–Trinajstić information content (AvgIpc) is 3.05. The third-order valence-corrected chi connectivity index (χ3v) is 5.69. The minimum atomic E-state index is 0.474. The molecule has 2 aromatic heterocycles. The summed E-state index contributed by atoms with van der Waals surface area (Å²) in [7, 11) is 4.31. The molecular formula is C18H28N8. The molecule has 0 unspecified atom stereocenters. The number of likely N-dealkylation sites (N-methyl/N-ethyl adjacent to an activating group) is 1. The topological polar surface area (TPSA) is 66.2 Å². The van der Waals surface area contributed by atoms with Crippen LogP contribution in [0.4, 0.5) is 5.82 Å². The minimum absolute atomic E-state index is 0.474. The van der Waals surface area contributed by atoms with Crippen LogP contribution >= 0.6 is 0 Å². The van der Waals surface area contributed by atoms with Gasteiger partial charge in [0, 0.05) is 64.6 Å². The lowest BCUT2D eigenvalue weighted by Gasteiger charge is -2.32. The quantitative estimate of drug-likeness (QED) is 0.800. The van der Waals surface area contributed by atoms with Gasteiger partial charge in [-0.25, -0.2) is 4.98 Å². The lowest BCUT2D eigenvalue weighted by atomic mass is 9.96. The van der Waals surface area contributed by atoms with E-state index in [1.807, 2.05) is 6.20 Å². The number of nitrogens with zero attached hydrogens (tertiary/aromatic N) is 8. The van der Waals surface area contributed by atoms with Gasteiger partial charge in [-0.1, -0.05) is 0 Å². The number of piperidine rings is 1. The molecule has 0 N–H and O–H groups in total. The molecule has 0 bridgehead atoms. The first-order valence-electron chi connectivity index (χ1n) is 9.50. The Morgan fingerprint density at radius 3 is 2.42 bits per heavy atom. The molecule has 2 aliphatic heterocycles. The SMILES string of the molecule is CN1CCN(Cc2nnc(C3CCN(c4cnccn4)CC3)n2C)CC1. The van der Waals surface area contributed by atoms with Crippen LogP contribution in [0.3, 0.4) is 0 Å². The molecule has 8 nitrogen and oxygen atoms in total. The minimum Gasteiger partial charge on any atom is -0.355 e. The van der Waals surface area contributed by atoms with Gasteiger partial charge in [0.15, 0.2) is 0 Å². The fraction of sp³-hybridized carbons (Fsp3) is 0.667. The molecule has 2 saturated heterocycles. The van der Waals surface area contributed by atoms with Crippen molar-refractivity contribution in [2.75, 3.05) is 51.2 Å². The van der Waals surface area contributed by atoms with Gasteiger partial charge in [-0.05, 0) is 19.9 Å². The van der Waals surface area contributed by atoms with Gasteiger partial charge in [0.2, 0.25) is 0 Å². The van der Waals surface area contributed by atoms with Crippen LogP contribution in [-0.4, -0.2) is 80.8 Å². The van der Waals surface area contributed by atoms with Gasteiger partial charge in [0.1, 0.15) is 17.5 Å². The smallest absolute Gasteiger partial charge is 0.147 e. The molecule has 0 spiro atoms. The highest BCUT2D eigenvalue weighted by molar-refractivity contribution is 5.35. The lowest BCUT2D eigenvalue weighted by Crippen LogP contribution is -2.44. The van der Waals surface area contributed by atoms with E-state index < -0.39 is 0 Å². The van der Waals surface area contributed by atoms with Crippen LogP contribution in [0.1, 0.15) is 30.4 Å². The molecule has 4 rings (SSSR count). The highest BCUT2D eigenvalue weighted by Crippen LogP contribution is 2.28. The fourth-order valence-corrected chi connectivity index (χ4v) is 3.90. The first-order chi connectivity index (χ1) is 12.7. The Bertz CT molecular complexity index is 699. The van der Waals surface area contributed by atoms with Crippen molar-refractivity contribution in [3.05, 3.63) is 30.2 Å². The van der Waals surface area contributed by atoms with Crippen molar-refractivity contribution in [1.82, 2.24) is 34.5 Å². The summed E-state index contributed by atoms with van der Waals surface area (Å²) in [6.45, 7) is 7.35. The molecule has 4 heterocycles. The number of aromatic nitrogens is 5. The van der Waals surface area contributed by atoms with E-state index in [0.717, 1.165) is 76.1 Å². The molecule has 140 valence electrons. The molecule has 26 heavy (non-hydrogen) atoms. The van der Waals surface area contributed by atoms with Crippen molar-refractivity contribution in [3.63, 3.8) is 0 Å². The van der Waals surface area contributed by atoms with E-state index in [4.69, 9.17) is 0 Å². The van der Waals surface area contributed by atoms with E-state index in [9.17, 15) is 0 Å². The fourth-order valence-electron chi connectivity index (χ4n) is 3.90. The van der Waals surface area contributed by atoms with E-state index in [0.29, 0.717) is 5.92 Å². The summed E-state index contributed by atoms with van der Waals surface area (Å²) in [6, 6.07) is 0. The maximum absolute atomic E-state index is 4.55. The molecule has 0 radical (unpaired) electrons. The summed E-state index contributed by atoms with van der Waals surface area (Å²) in [5.41, 5.74) is 0. The van der Waals surface area contributed by atoms with Gasteiger partial charge < -0.3 is 14.4 Å². The van der Waals surface area contributed by atoms with Crippen LogP contribution in [0.15, 0.2) is 18.6 Å². The van der Waals surface area contributed by atoms with Gasteiger partial charge in [-0.2, -0.15) is 0 Å². The third kappa shape index (κ3) is 3.71. The van der Waals surface area contributed by atoms with E-state index in [2.05, 4.69) is 53.5 Å². The van der Waals surface area contributed by atoms with E-state index >= 15 is 0 Å². The normalized spacial score (nSPS) is 20.6. The van der Waals surface area contributed by atoms with Crippen molar-refractivity contribution < 1.29 is 0 Å². The second kappa shape index (κ2) is 7.67. The Labute approximate surface area is 154 Å². The molecule has 2 aromatic rings. The molecule has 0 amide bonds. The zero-order valence-corrected chi connectivity index (χ0v) is 15.8. The van der Waals surface area contributed by atoms with E-state index in [1.54, 1.807) is 12.4 Å². The predicted molar refractivity (Wildman–Crippen MR) is 100.0 cm³/mol. The first kappa shape index (κ1) is 17.4.